The van der Waals surface area contributed by atoms with Crippen molar-refractivity contribution in [3.05, 3.63) is 29.3 Å². The summed E-state index contributed by atoms with van der Waals surface area (Å²) in [5, 5.41) is 17.1. The van der Waals surface area contributed by atoms with E-state index in [-0.39, 0.29) is 5.91 Å². The summed E-state index contributed by atoms with van der Waals surface area (Å²) in [5.41, 5.74) is 2.14. The molecular weight excluding hydrogens is 326 g/mol. The van der Waals surface area contributed by atoms with Crippen molar-refractivity contribution in [2.45, 2.75) is 51.2 Å². The van der Waals surface area contributed by atoms with Gasteiger partial charge in [-0.3, -0.25) is 4.79 Å². The van der Waals surface area contributed by atoms with E-state index in [0.717, 1.165) is 42.6 Å². The normalized spacial score (nSPS) is 19.3. The van der Waals surface area contributed by atoms with Gasteiger partial charge in [-0.1, -0.05) is 6.07 Å². The van der Waals surface area contributed by atoms with Gasteiger partial charge in [-0.25, -0.2) is 4.79 Å². The Morgan fingerprint density at radius 3 is 2.24 bits per heavy atom. The number of methoxy groups -OCH3 is 2. The Hall–Kier alpha value is -2.28. The molecule has 25 heavy (non-hydrogen) atoms. The number of ether oxygens (including phenoxy) is 2. The number of hydrogen-bond acceptors (Lipinski definition) is 4. The molecule has 0 aromatic heterocycles. The maximum absolute atomic E-state index is 12.2. The molecule has 0 unspecified atom stereocenters. The third kappa shape index (κ3) is 7.89. The van der Waals surface area contributed by atoms with E-state index < -0.39 is 6.16 Å². The second-order valence-electron chi connectivity index (χ2n) is 6.03. The van der Waals surface area contributed by atoms with E-state index >= 15 is 0 Å². The molecule has 0 atom stereocenters. The highest BCUT2D eigenvalue weighted by Gasteiger charge is 2.22. The van der Waals surface area contributed by atoms with Gasteiger partial charge in [0.15, 0.2) is 0 Å². The Kier molecular flexibility index (Phi) is 8.77. The standard InChI is InChI=1S/C17H25NO3.CH2O3/c1-12-10-16(21-3)7-4-13(12)11-17(19)18-14-5-8-15(20-2)9-6-14;2-1(3)4/h4,7,10,14-15H,5-6,8-9,11H2,1-3H3,(H,18,19);(H2,2,3,4). The molecule has 7 nitrogen and oxygen atoms in total. The van der Waals surface area contributed by atoms with E-state index in [1.165, 1.54) is 0 Å². The molecule has 3 N–H and O–H groups in total. The molecule has 0 radical (unpaired) electrons. The minimum absolute atomic E-state index is 0.101. The smallest absolute Gasteiger partial charge is 0.497 e. The lowest BCUT2D eigenvalue weighted by molar-refractivity contribution is -0.121. The Morgan fingerprint density at radius 2 is 1.76 bits per heavy atom. The Labute approximate surface area is 147 Å². The number of aryl methyl sites for hydroxylation is 1. The molecule has 0 aliphatic heterocycles. The summed E-state index contributed by atoms with van der Waals surface area (Å²) >= 11 is 0. The van der Waals surface area contributed by atoms with E-state index in [0.29, 0.717) is 18.6 Å². The number of nitrogens with one attached hydrogen (secondary N) is 1. The molecule has 1 saturated carbocycles. The highest BCUT2D eigenvalue weighted by atomic mass is 16.6. The molecule has 0 saturated heterocycles. The first-order chi connectivity index (χ1) is 11.8. The van der Waals surface area contributed by atoms with Gasteiger partial charge in [0.1, 0.15) is 5.75 Å². The fourth-order valence-electron chi connectivity index (χ4n) is 2.89. The van der Waals surface area contributed by atoms with E-state index in [4.69, 9.17) is 24.5 Å². The maximum Gasteiger partial charge on any atom is 0.503 e. The minimum Gasteiger partial charge on any atom is -0.497 e. The average molecular weight is 353 g/mol. The first-order valence-corrected chi connectivity index (χ1v) is 8.23. The van der Waals surface area contributed by atoms with Crippen LogP contribution in [0.4, 0.5) is 4.79 Å². The van der Waals surface area contributed by atoms with Crippen molar-refractivity contribution in [2.24, 2.45) is 0 Å². The fourth-order valence-corrected chi connectivity index (χ4v) is 2.89. The van der Waals surface area contributed by atoms with Crippen LogP contribution in [0.1, 0.15) is 36.8 Å². The van der Waals surface area contributed by atoms with Gasteiger partial charge in [-0.2, -0.15) is 0 Å². The second-order valence-corrected chi connectivity index (χ2v) is 6.03. The average Bonchev–Trinajstić information content (AvgIpc) is 2.57. The van der Waals surface area contributed by atoms with Crippen LogP contribution < -0.4 is 10.1 Å². The molecule has 1 aliphatic rings. The van der Waals surface area contributed by atoms with Crippen LogP contribution in [0.25, 0.3) is 0 Å². The van der Waals surface area contributed by atoms with E-state index in [9.17, 15) is 4.79 Å². The molecule has 1 aliphatic carbocycles. The van der Waals surface area contributed by atoms with Crippen molar-refractivity contribution in [1.82, 2.24) is 5.32 Å². The summed E-state index contributed by atoms with van der Waals surface area (Å²) in [6.07, 6.45) is 3.03. The van der Waals surface area contributed by atoms with Crippen LogP contribution in [-0.2, 0) is 16.0 Å². The lowest BCUT2D eigenvalue weighted by atomic mass is 9.92. The van der Waals surface area contributed by atoms with E-state index in [2.05, 4.69) is 5.32 Å². The first-order valence-electron chi connectivity index (χ1n) is 8.23. The molecular formula is C18H27NO6. The van der Waals surface area contributed by atoms with Crippen LogP contribution in [0.15, 0.2) is 18.2 Å². The van der Waals surface area contributed by atoms with Gasteiger partial charge >= 0.3 is 6.16 Å². The van der Waals surface area contributed by atoms with Crippen molar-refractivity contribution < 1.29 is 29.3 Å². The number of rotatable bonds is 5. The molecule has 1 fully saturated rings. The van der Waals surface area contributed by atoms with Gasteiger partial charge in [-0.15, -0.1) is 0 Å². The van der Waals surface area contributed by atoms with E-state index in [1.807, 2.05) is 25.1 Å². The number of carboxylic acid groups (broad SMARTS) is 2. The molecule has 1 aromatic rings. The van der Waals surface area contributed by atoms with Gasteiger partial charge in [-0.05, 0) is 55.9 Å². The summed E-state index contributed by atoms with van der Waals surface area (Å²) in [7, 11) is 3.41. The van der Waals surface area contributed by atoms with Crippen LogP contribution in [0.5, 0.6) is 5.75 Å². The quantitative estimate of drug-likeness (QED) is 0.752. The molecule has 1 aromatic carbocycles. The van der Waals surface area contributed by atoms with Crippen molar-refractivity contribution in [3.63, 3.8) is 0 Å². The number of hydrogen-bond donors (Lipinski definition) is 3. The Morgan fingerprint density at radius 1 is 1.16 bits per heavy atom. The predicted octanol–water partition coefficient (Wildman–Crippen LogP) is 2.84. The SMILES string of the molecule is COc1ccc(CC(=O)NC2CCC(OC)CC2)c(C)c1.O=C(O)O. The monoisotopic (exact) mass is 353 g/mol. The summed E-state index contributed by atoms with van der Waals surface area (Å²) in [4.78, 5) is 20.7. The predicted molar refractivity (Wildman–Crippen MR) is 93.3 cm³/mol. The number of amides is 1. The third-order valence-electron chi connectivity index (χ3n) is 4.27. The van der Waals surface area contributed by atoms with Gasteiger partial charge in [0.05, 0.1) is 19.6 Å². The minimum atomic E-state index is -1.83. The fraction of sp³-hybridized carbons (Fsp3) is 0.556. The van der Waals surface area contributed by atoms with Crippen molar-refractivity contribution in [3.8, 4) is 5.75 Å². The summed E-state index contributed by atoms with van der Waals surface area (Å²) in [6.45, 7) is 2.01. The zero-order valence-corrected chi connectivity index (χ0v) is 14.9. The van der Waals surface area contributed by atoms with Gasteiger partial charge in [0, 0.05) is 13.2 Å². The molecule has 1 amide bonds. The van der Waals surface area contributed by atoms with Crippen LogP contribution in [-0.4, -0.2) is 48.6 Å². The van der Waals surface area contributed by atoms with Gasteiger partial charge in [0.2, 0.25) is 5.91 Å². The lowest BCUT2D eigenvalue weighted by Gasteiger charge is -2.28. The summed E-state index contributed by atoms with van der Waals surface area (Å²) in [5.74, 6) is 0.929. The number of carbonyl (C=O) groups excluding carboxylic acids is 1. The van der Waals surface area contributed by atoms with Crippen LogP contribution in [0.3, 0.4) is 0 Å². The summed E-state index contributed by atoms with van der Waals surface area (Å²) in [6, 6.07) is 6.13. The molecule has 0 heterocycles. The molecule has 0 spiro atoms. The number of benzene rings is 1. The first kappa shape index (κ1) is 20.8. The highest BCUT2D eigenvalue weighted by Crippen LogP contribution is 2.21. The zero-order valence-electron chi connectivity index (χ0n) is 14.9. The zero-order chi connectivity index (χ0) is 18.8. The van der Waals surface area contributed by atoms with Crippen molar-refractivity contribution in [1.29, 1.82) is 0 Å². The van der Waals surface area contributed by atoms with Crippen molar-refractivity contribution in [2.75, 3.05) is 14.2 Å². The van der Waals surface area contributed by atoms with E-state index in [1.54, 1.807) is 14.2 Å². The summed E-state index contributed by atoms with van der Waals surface area (Å²) < 4.78 is 10.5. The molecule has 2 rings (SSSR count). The Balaban J connectivity index is 0.000000705. The molecule has 7 heteroatoms. The molecule has 0 bridgehead atoms. The van der Waals surface area contributed by atoms with Crippen LogP contribution >= 0.6 is 0 Å². The highest BCUT2D eigenvalue weighted by molar-refractivity contribution is 5.79. The van der Waals surface area contributed by atoms with Crippen LogP contribution in [0, 0.1) is 6.92 Å². The topological polar surface area (TPSA) is 105 Å². The lowest BCUT2D eigenvalue weighted by Crippen LogP contribution is -2.39. The number of carbonyl (C=O) groups is 2. The largest absolute Gasteiger partial charge is 0.503 e. The van der Waals surface area contributed by atoms with Gasteiger partial charge in [0.25, 0.3) is 0 Å². The van der Waals surface area contributed by atoms with Crippen molar-refractivity contribution >= 4 is 12.1 Å². The van der Waals surface area contributed by atoms with Gasteiger partial charge < -0.3 is 25.0 Å². The maximum atomic E-state index is 12.2. The molecule has 140 valence electrons. The third-order valence-corrected chi connectivity index (χ3v) is 4.27. The Bertz CT molecular complexity index is 563. The van der Waals surface area contributed by atoms with Crippen LogP contribution in [0.2, 0.25) is 0 Å². The second kappa shape index (κ2) is 10.6.